The molecule has 3 N–H and O–H groups in total. The highest BCUT2D eigenvalue weighted by Crippen LogP contribution is 2.67. The van der Waals surface area contributed by atoms with Crippen LogP contribution in [0.15, 0.2) is 42.5 Å². The molecule has 2 bridgehead atoms. The lowest BCUT2D eigenvalue weighted by Crippen LogP contribution is -2.56. The highest BCUT2D eigenvalue weighted by molar-refractivity contribution is 8.02. The van der Waals surface area contributed by atoms with Crippen LogP contribution in [0.2, 0.25) is 0 Å². The average Bonchev–Trinajstić information content (AvgIpc) is 3.60. The Morgan fingerprint density at radius 1 is 1.12 bits per heavy atom. The standard InChI is InChI=1S/C32H41N3O5S/c1-6-19(4)24(17-36)35-28(30(38)34-23-16-18(3)8-9-20(23)5)32-15-14-25(41-32)26(27(32)31(35)39)29(37)33-21-10-12-22(13-11-21)40-7-2/h8-13,16,19,24-28,36H,6-7,14-15,17H2,1-5H3,(H,33,37)(H,34,38)/t19-,24-,25+,26-,27-,28?,32?/m0/s1. The van der Waals surface area contributed by atoms with Gasteiger partial charge in [0, 0.05) is 16.6 Å². The van der Waals surface area contributed by atoms with E-state index in [2.05, 4.69) is 10.6 Å². The molecule has 0 aromatic heterocycles. The molecular weight excluding hydrogens is 538 g/mol. The molecule has 2 aromatic rings. The fraction of sp³-hybridized carbons (Fsp3) is 0.531. The lowest BCUT2D eigenvalue weighted by atomic mass is 9.70. The van der Waals surface area contributed by atoms with Crippen molar-refractivity contribution in [3.8, 4) is 5.75 Å². The minimum absolute atomic E-state index is 0.0199. The summed E-state index contributed by atoms with van der Waals surface area (Å²) in [6.45, 7) is 10.2. The van der Waals surface area contributed by atoms with Gasteiger partial charge in [-0.15, -0.1) is 11.8 Å². The largest absolute Gasteiger partial charge is 0.494 e. The van der Waals surface area contributed by atoms with Gasteiger partial charge in [0.1, 0.15) is 11.8 Å². The molecule has 2 aromatic carbocycles. The number of aliphatic hydroxyl groups excluding tert-OH is 1. The zero-order valence-corrected chi connectivity index (χ0v) is 25.3. The Morgan fingerprint density at radius 3 is 2.51 bits per heavy atom. The van der Waals surface area contributed by atoms with Crippen molar-refractivity contribution < 1.29 is 24.2 Å². The molecule has 3 heterocycles. The van der Waals surface area contributed by atoms with Gasteiger partial charge in [-0.1, -0.05) is 32.4 Å². The zero-order valence-electron chi connectivity index (χ0n) is 24.5. The van der Waals surface area contributed by atoms with Crippen LogP contribution in [-0.2, 0) is 14.4 Å². The number of ether oxygens (including phenoxy) is 1. The van der Waals surface area contributed by atoms with Crippen molar-refractivity contribution in [2.45, 2.75) is 76.0 Å². The SMILES string of the molecule is CCOc1ccc(NC(=O)[C@@H]2[C@H]3C(=O)N([C@@H](CO)[C@@H](C)CC)C(C(=O)Nc4cc(C)ccc4C)C34CC[C@H]2S4)cc1. The predicted molar refractivity (Wildman–Crippen MR) is 162 cm³/mol. The van der Waals surface area contributed by atoms with Crippen molar-refractivity contribution >= 4 is 40.9 Å². The fourth-order valence-corrected chi connectivity index (χ4v) is 9.17. The molecule has 0 aliphatic carbocycles. The molecule has 2 unspecified atom stereocenters. The number of carbonyl (C=O) groups excluding carboxylic acids is 3. The van der Waals surface area contributed by atoms with Crippen LogP contribution in [0.25, 0.3) is 0 Å². The molecule has 0 radical (unpaired) electrons. The summed E-state index contributed by atoms with van der Waals surface area (Å²) >= 11 is 1.63. The number of anilines is 2. The number of hydrogen-bond acceptors (Lipinski definition) is 6. The number of fused-ring (bicyclic) bond motifs is 1. The van der Waals surface area contributed by atoms with Gasteiger partial charge in [-0.05, 0) is 81.0 Å². The van der Waals surface area contributed by atoms with E-state index in [9.17, 15) is 19.5 Å². The van der Waals surface area contributed by atoms with Gasteiger partial charge in [-0.25, -0.2) is 0 Å². The van der Waals surface area contributed by atoms with E-state index in [1.165, 1.54) is 0 Å². The Hall–Kier alpha value is -3.04. The first-order chi connectivity index (χ1) is 19.6. The van der Waals surface area contributed by atoms with Crippen LogP contribution in [0.4, 0.5) is 11.4 Å². The lowest BCUT2D eigenvalue weighted by molar-refractivity contribution is -0.142. The maximum atomic E-state index is 14.4. The summed E-state index contributed by atoms with van der Waals surface area (Å²) in [6.07, 6.45) is 2.17. The second-order valence-corrected chi connectivity index (χ2v) is 13.3. The monoisotopic (exact) mass is 579 g/mol. The molecule has 7 atom stereocenters. The highest BCUT2D eigenvalue weighted by atomic mass is 32.2. The summed E-state index contributed by atoms with van der Waals surface area (Å²) < 4.78 is 4.78. The normalized spacial score (nSPS) is 27.9. The predicted octanol–water partition coefficient (Wildman–Crippen LogP) is 4.78. The van der Waals surface area contributed by atoms with E-state index in [-0.39, 0.29) is 35.5 Å². The summed E-state index contributed by atoms with van der Waals surface area (Å²) in [5.74, 6) is -1.16. The zero-order chi connectivity index (χ0) is 29.5. The molecule has 41 heavy (non-hydrogen) atoms. The maximum absolute atomic E-state index is 14.4. The average molecular weight is 580 g/mol. The fourth-order valence-electron chi connectivity index (χ4n) is 6.96. The Labute approximate surface area is 246 Å². The Morgan fingerprint density at radius 2 is 1.85 bits per heavy atom. The summed E-state index contributed by atoms with van der Waals surface area (Å²) in [6, 6.07) is 11.8. The van der Waals surface area contributed by atoms with Crippen molar-refractivity contribution in [2.24, 2.45) is 17.8 Å². The van der Waals surface area contributed by atoms with Gasteiger partial charge in [-0.2, -0.15) is 0 Å². The molecule has 3 aliphatic rings. The molecule has 220 valence electrons. The lowest BCUT2D eigenvalue weighted by Gasteiger charge is -2.39. The number of amides is 3. The number of carbonyl (C=O) groups is 3. The summed E-state index contributed by atoms with van der Waals surface area (Å²) in [5, 5.41) is 16.6. The highest BCUT2D eigenvalue weighted by Gasteiger charge is 2.74. The molecule has 3 fully saturated rings. The van der Waals surface area contributed by atoms with Gasteiger partial charge in [-0.3, -0.25) is 14.4 Å². The van der Waals surface area contributed by atoms with Crippen LogP contribution in [0.5, 0.6) is 5.75 Å². The number of rotatable bonds is 10. The van der Waals surface area contributed by atoms with Crippen molar-refractivity contribution in [1.82, 2.24) is 4.90 Å². The van der Waals surface area contributed by atoms with Crippen LogP contribution in [0, 0.1) is 31.6 Å². The molecule has 1 spiro atoms. The first-order valence-corrected chi connectivity index (χ1v) is 15.6. The number of hydrogen-bond donors (Lipinski definition) is 3. The second kappa shape index (κ2) is 11.7. The molecule has 3 aliphatic heterocycles. The van der Waals surface area contributed by atoms with Crippen molar-refractivity contribution in [1.29, 1.82) is 0 Å². The van der Waals surface area contributed by atoms with E-state index in [1.54, 1.807) is 28.8 Å². The molecule has 3 amide bonds. The van der Waals surface area contributed by atoms with Crippen molar-refractivity contribution in [3.05, 3.63) is 53.6 Å². The van der Waals surface area contributed by atoms with Gasteiger partial charge < -0.3 is 25.4 Å². The Balaban J connectivity index is 1.49. The molecule has 0 saturated carbocycles. The summed E-state index contributed by atoms with van der Waals surface area (Å²) in [5.41, 5.74) is 3.31. The van der Waals surface area contributed by atoms with Gasteiger partial charge in [0.05, 0.1) is 35.8 Å². The van der Waals surface area contributed by atoms with E-state index in [4.69, 9.17) is 4.74 Å². The number of aryl methyl sites for hydroxylation is 2. The minimum Gasteiger partial charge on any atom is -0.494 e. The third-order valence-corrected chi connectivity index (χ3v) is 11.2. The number of nitrogens with one attached hydrogen (secondary N) is 2. The van der Waals surface area contributed by atoms with Crippen LogP contribution in [0.1, 0.15) is 51.2 Å². The molecular formula is C32H41N3O5S. The quantitative estimate of drug-likeness (QED) is 0.374. The van der Waals surface area contributed by atoms with E-state index in [1.807, 2.05) is 65.0 Å². The van der Waals surface area contributed by atoms with Crippen LogP contribution in [0.3, 0.4) is 0 Å². The van der Waals surface area contributed by atoms with Gasteiger partial charge >= 0.3 is 0 Å². The smallest absolute Gasteiger partial charge is 0.248 e. The van der Waals surface area contributed by atoms with Crippen molar-refractivity contribution in [3.63, 3.8) is 0 Å². The van der Waals surface area contributed by atoms with E-state index >= 15 is 0 Å². The molecule has 9 heteroatoms. The minimum atomic E-state index is -0.788. The third-order valence-electron chi connectivity index (χ3n) is 9.22. The number of benzene rings is 2. The third kappa shape index (κ3) is 5.12. The maximum Gasteiger partial charge on any atom is 0.248 e. The summed E-state index contributed by atoms with van der Waals surface area (Å²) in [7, 11) is 0. The van der Waals surface area contributed by atoms with E-state index < -0.39 is 28.7 Å². The first-order valence-electron chi connectivity index (χ1n) is 14.7. The molecule has 8 nitrogen and oxygen atoms in total. The van der Waals surface area contributed by atoms with E-state index in [0.29, 0.717) is 24.4 Å². The van der Waals surface area contributed by atoms with Crippen LogP contribution < -0.4 is 15.4 Å². The number of nitrogens with zero attached hydrogens (tertiary/aromatic N) is 1. The van der Waals surface area contributed by atoms with Gasteiger partial charge in [0.15, 0.2) is 0 Å². The van der Waals surface area contributed by atoms with Crippen LogP contribution in [-0.4, -0.2) is 63.0 Å². The second-order valence-electron chi connectivity index (χ2n) is 11.7. The van der Waals surface area contributed by atoms with Gasteiger partial charge in [0.25, 0.3) is 0 Å². The topological polar surface area (TPSA) is 108 Å². The van der Waals surface area contributed by atoms with Crippen LogP contribution >= 0.6 is 11.8 Å². The summed E-state index contributed by atoms with van der Waals surface area (Å²) in [4.78, 5) is 44.1. The molecule has 5 rings (SSSR count). The Kier molecular flexibility index (Phi) is 8.39. The first kappa shape index (κ1) is 29.5. The van der Waals surface area contributed by atoms with Crippen molar-refractivity contribution in [2.75, 3.05) is 23.8 Å². The number of likely N-dealkylation sites (tertiary alicyclic amines) is 1. The van der Waals surface area contributed by atoms with E-state index in [0.717, 1.165) is 29.7 Å². The number of aliphatic hydroxyl groups is 1. The number of thioether (sulfide) groups is 1. The van der Waals surface area contributed by atoms with Gasteiger partial charge in [0.2, 0.25) is 17.7 Å². The Bertz CT molecular complexity index is 1320. The molecule has 3 saturated heterocycles.